The van der Waals surface area contributed by atoms with Crippen molar-refractivity contribution < 1.29 is 14.7 Å². The second kappa shape index (κ2) is 4.62. The molecule has 2 aliphatic rings. The Balaban J connectivity index is 2.04. The predicted molar refractivity (Wildman–Crippen MR) is 75.5 cm³/mol. The first-order valence-corrected chi connectivity index (χ1v) is 7.18. The summed E-state index contributed by atoms with van der Waals surface area (Å²) < 4.78 is 0. The number of benzene rings is 1. The maximum absolute atomic E-state index is 12.5. The van der Waals surface area contributed by atoms with Crippen molar-refractivity contribution in [1.82, 2.24) is 0 Å². The molecule has 4 heteroatoms. The number of rotatable bonds is 1. The largest absolute Gasteiger partial charge is 0.508 e. The molecular weight excluding hydrogens is 254 g/mol. The molecule has 1 aromatic carbocycles. The summed E-state index contributed by atoms with van der Waals surface area (Å²) >= 11 is 0. The van der Waals surface area contributed by atoms with Gasteiger partial charge in [-0.1, -0.05) is 12.8 Å². The molecule has 2 amide bonds. The minimum absolute atomic E-state index is 0.0621. The fourth-order valence-electron chi connectivity index (χ4n) is 3.43. The molecular formula is C16H19NO3. The molecule has 1 saturated carbocycles. The number of phenolic OH excluding ortho intramolecular Hbond substituents is 1. The summed E-state index contributed by atoms with van der Waals surface area (Å²) in [5.41, 5.74) is 2.07. The SMILES string of the molecule is Cc1cc(N2C(=O)C3CCCCC3C2=O)c(C)cc1O. The van der Waals surface area contributed by atoms with Crippen molar-refractivity contribution >= 4 is 17.5 Å². The van der Waals surface area contributed by atoms with Crippen molar-refractivity contribution in [3.63, 3.8) is 0 Å². The van der Waals surface area contributed by atoms with E-state index < -0.39 is 0 Å². The molecule has 1 aromatic rings. The molecule has 2 fully saturated rings. The average Bonchev–Trinajstić information content (AvgIpc) is 2.68. The van der Waals surface area contributed by atoms with Crippen molar-refractivity contribution in [1.29, 1.82) is 0 Å². The highest BCUT2D eigenvalue weighted by Crippen LogP contribution is 2.41. The number of imide groups is 1. The molecule has 1 aliphatic carbocycles. The Bertz CT molecular complexity index is 570. The van der Waals surface area contributed by atoms with E-state index in [1.165, 1.54) is 4.90 Å². The number of aryl methyl sites for hydroxylation is 2. The van der Waals surface area contributed by atoms with Crippen LogP contribution in [0, 0.1) is 25.7 Å². The van der Waals surface area contributed by atoms with Gasteiger partial charge in [-0.25, -0.2) is 4.90 Å². The van der Waals surface area contributed by atoms with Gasteiger partial charge in [0.2, 0.25) is 11.8 Å². The Morgan fingerprint density at radius 2 is 1.55 bits per heavy atom. The molecule has 0 spiro atoms. The van der Waals surface area contributed by atoms with E-state index >= 15 is 0 Å². The third kappa shape index (κ3) is 1.82. The molecule has 3 rings (SSSR count). The minimum Gasteiger partial charge on any atom is -0.508 e. The van der Waals surface area contributed by atoms with Crippen molar-refractivity contribution in [2.45, 2.75) is 39.5 Å². The summed E-state index contributed by atoms with van der Waals surface area (Å²) in [6.07, 6.45) is 3.70. The number of nitrogens with zero attached hydrogens (tertiary/aromatic N) is 1. The Labute approximate surface area is 118 Å². The van der Waals surface area contributed by atoms with Crippen LogP contribution in [-0.2, 0) is 9.59 Å². The molecule has 1 N–H and O–H groups in total. The lowest BCUT2D eigenvalue weighted by molar-refractivity contribution is -0.122. The van der Waals surface area contributed by atoms with Crippen LogP contribution in [0.3, 0.4) is 0 Å². The molecule has 2 unspecified atom stereocenters. The van der Waals surface area contributed by atoms with Crippen molar-refractivity contribution in [2.75, 3.05) is 4.90 Å². The van der Waals surface area contributed by atoms with Crippen LogP contribution in [0.25, 0.3) is 0 Å². The van der Waals surface area contributed by atoms with Gasteiger partial charge in [0.25, 0.3) is 0 Å². The lowest BCUT2D eigenvalue weighted by Gasteiger charge is -2.19. The lowest BCUT2D eigenvalue weighted by Crippen LogP contribution is -2.31. The fraction of sp³-hybridized carbons (Fsp3) is 0.500. The first kappa shape index (κ1) is 13.2. The van der Waals surface area contributed by atoms with Gasteiger partial charge in [-0.15, -0.1) is 0 Å². The zero-order chi connectivity index (χ0) is 14.4. The van der Waals surface area contributed by atoms with Crippen LogP contribution in [0.1, 0.15) is 36.8 Å². The Morgan fingerprint density at radius 1 is 1.00 bits per heavy atom. The van der Waals surface area contributed by atoms with Gasteiger partial charge in [0, 0.05) is 0 Å². The zero-order valence-corrected chi connectivity index (χ0v) is 11.8. The summed E-state index contributed by atoms with van der Waals surface area (Å²) in [6, 6.07) is 3.35. The lowest BCUT2D eigenvalue weighted by atomic mass is 9.81. The standard InChI is InChI=1S/C16H19NO3/c1-9-8-14(18)10(2)7-13(9)17-15(19)11-5-3-4-6-12(11)16(17)20/h7-8,11-12,18H,3-6H2,1-2H3. The van der Waals surface area contributed by atoms with Gasteiger partial charge >= 0.3 is 0 Å². The number of carbonyl (C=O) groups is 2. The highest BCUT2D eigenvalue weighted by Gasteiger charge is 2.49. The summed E-state index contributed by atoms with van der Waals surface area (Å²) in [5.74, 6) is -0.196. The van der Waals surface area contributed by atoms with E-state index in [0.29, 0.717) is 11.3 Å². The summed E-state index contributed by atoms with van der Waals surface area (Å²) in [7, 11) is 0. The van der Waals surface area contributed by atoms with Gasteiger partial charge in [-0.3, -0.25) is 9.59 Å². The maximum Gasteiger partial charge on any atom is 0.237 e. The maximum atomic E-state index is 12.5. The first-order valence-electron chi connectivity index (χ1n) is 7.18. The third-order valence-corrected chi connectivity index (χ3v) is 4.60. The van der Waals surface area contributed by atoms with Crippen LogP contribution in [0.15, 0.2) is 12.1 Å². The van der Waals surface area contributed by atoms with Gasteiger partial charge < -0.3 is 5.11 Å². The highest BCUT2D eigenvalue weighted by molar-refractivity contribution is 6.22. The Kier molecular flexibility index (Phi) is 3.04. The summed E-state index contributed by atoms with van der Waals surface area (Å²) in [4.78, 5) is 26.4. The number of hydrogen-bond acceptors (Lipinski definition) is 3. The van der Waals surface area contributed by atoms with Crippen molar-refractivity contribution in [3.05, 3.63) is 23.3 Å². The van der Waals surface area contributed by atoms with Crippen molar-refractivity contribution in [2.24, 2.45) is 11.8 Å². The van der Waals surface area contributed by atoms with Crippen LogP contribution in [-0.4, -0.2) is 16.9 Å². The molecule has 106 valence electrons. The molecule has 1 saturated heterocycles. The average molecular weight is 273 g/mol. The first-order chi connectivity index (χ1) is 9.50. The van der Waals surface area contributed by atoms with Gasteiger partial charge in [-0.05, 0) is 49.9 Å². The number of hydrogen-bond donors (Lipinski definition) is 1. The second-order valence-corrected chi connectivity index (χ2v) is 5.93. The van der Waals surface area contributed by atoms with Crippen LogP contribution < -0.4 is 4.90 Å². The Morgan fingerprint density at radius 3 is 2.10 bits per heavy atom. The van der Waals surface area contributed by atoms with Crippen LogP contribution >= 0.6 is 0 Å². The smallest absolute Gasteiger partial charge is 0.237 e. The van der Waals surface area contributed by atoms with E-state index in [1.807, 2.05) is 6.92 Å². The quantitative estimate of drug-likeness (QED) is 0.800. The molecule has 0 radical (unpaired) electrons. The van der Waals surface area contributed by atoms with Gasteiger partial charge in [0.05, 0.1) is 17.5 Å². The van der Waals surface area contributed by atoms with Gasteiger partial charge in [0.1, 0.15) is 5.75 Å². The number of fused-ring (bicyclic) bond motifs is 1. The monoisotopic (exact) mass is 273 g/mol. The van der Waals surface area contributed by atoms with E-state index in [-0.39, 0.29) is 29.4 Å². The van der Waals surface area contributed by atoms with E-state index in [0.717, 1.165) is 31.2 Å². The molecule has 2 atom stereocenters. The number of aromatic hydroxyl groups is 1. The number of phenols is 1. The fourth-order valence-corrected chi connectivity index (χ4v) is 3.43. The van der Waals surface area contributed by atoms with Crippen molar-refractivity contribution in [3.8, 4) is 5.75 Å². The third-order valence-electron chi connectivity index (χ3n) is 4.60. The summed E-state index contributed by atoms with van der Waals surface area (Å²) in [5, 5.41) is 9.72. The number of carbonyl (C=O) groups excluding carboxylic acids is 2. The van der Waals surface area contributed by atoms with E-state index in [1.54, 1.807) is 19.1 Å². The zero-order valence-electron chi connectivity index (χ0n) is 11.8. The number of amides is 2. The second-order valence-electron chi connectivity index (χ2n) is 5.93. The normalized spacial score (nSPS) is 26.0. The van der Waals surface area contributed by atoms with Crippen LogP contribution in [0.5, 0.6) is 5.75 Å². The predicted octanol–water partition coefficient (Wildman–Crippen LogP) is 2.69. The van der Waals surface area contributed by atoms with E-state index in [4.69, 9.17) is 0 Å². The topological polar surface area (TPSA) is 57.6 Å². The van der Waals surface area contributed by atoms with Crippen LogP contribution in [0.4, 0.5) is 5.69 Å². The highest BCUT2D eigenvalue weighted by atomic mass is 16.3. The minimum atomic E-state index is -0.134. The van der Waals surface area contributed by atoms with E-state index in [9.17, 15) is 14.7 Å². The molecule has 4 nitrogen and oxygen atoms in total. The molecule has 1 aliphatic heterocycles. The number of anilines is 1. The molecule has 20 heavy (non-hydrogen) atoms. The van der Waals surface area contributed by atoms with Gasteiger partial charge in [0.15, 0.2) is 0 Å². The van der Waals surface area contributed by atoms with E-state index in [2.05, 4.69) is 0 Å². The summed E-state index contributed by atoms with van der Waals surface area (Å²) in [6.45, 7) is 3.59. The van der Waals surface area contributed by atoms with Gasteiger partial charge in [-0.2, -0.15) is 0 Å². The Hall–Kier alpha value is -1.84. The molecule has 0 aromatic heterocycles. The molecule has 0 bridgehead atoms. The van der Waals surface area contributed by atoms with Crippen LogP contribution in [0.2, 0.25) is 0 Å². The molecule has 1 heterocycles.